The molecule has 3 fully saturated rings. The number of methoxy groups -OCH3 is 2. The van der Waals surface area contributed by atoms with E-state index >= 15 is 4.39 Å². The highest BCUT2D eigenvalue weighted by atomic mass is 32.1. The monoisotopic (exact) mass is 974 g/mol. The van der Waals surface area contributed by atoms with Gasteiger partial charge in [0.2, 0.25) is 18.0 Å². The molecule has 4 aliphatic rings. The molecule has 17 nitrogen and oxygen atoms in total. The number of rotatable bonds is 12. The molecule has 4 N–H and O–H groups in total. The molecule has 1 saturated carbocycles. The van der Waals surface area contributed by atoms with Gasteiger partial charge in [-0.1, -0.05) is 46.6 Å². The third kappa shape index (κ3) is 8.65. The number of ether oxygens (including phenoxy) is 3. The number of benzene rings is 2. The topological polar surface area (TPSA) is 202 Å². The second-order valence-electron chi connectivity index (χ2n) is 19.5. The Bertz CT molecular complexity index is 2950. The molecule has 2 aromatic carbocycles. The average Bonchev–Trinajstić information content (AvgIpc) is 4.20. The van der Waals surface area contributed by atoms with Gasteiger partial charge in [0, 0.05) is 41.7 Å². The number of thiazole rings is 1. The number of carbonyl (C=O) groups excluding carboxylic acids is 4. The number of hydrogen-bond acceptors (Lipinski definition) is 11. The van der Waals surface area contributed by atoms with Crippen LogP contribution in [0.3, 0.4) is 0 Å². The zero-order valence-corrected chi connectivity index (χ0v) is 41.0. The van der Waals surface area contributed by atoms with Gasteiger partial charge in [-0.25, -0.2) is 28.9 Å². The number of nitrogens with one attached hydrogen (secondary N) is 4. The van der Waals surface area contributed by atoms with E-state index in [0.29, 0.717) is 65.3 Å². The quantitative estimate of drug-likeness (QED) is 0.0916. The van der Waals surface area contributed by atoms with Crippen molar-refractivity contribution in [1.82, 2.24) is 49.9 Å². The van der Waals surface area contributed by atoms with Crippen LogP contribution < -0.4 is 15.4 Å². The Morgan fingerprint density at radius 2 is 1.33 bits per heavy atom. The van der Waals surface area contributed by atoms with Gasteiger partial charge >= 0.3 is 12.2 Å². The Balaban J connectivity index is 0.973. The van der Waals surface area contributed by atoms with Crippen molar-refractivity contribution in [2.24, 2.45) is 11.8 Å². The molecule has 4 amide bonds. The maximum Gasteiger partial charge on any atom is 0.407 e. The third-order valence-corrected chi connectivity index (χ3v) is 15.6. The first-order chi connectivity index (χ1) is 33.8. The molecule has 70 heavy (non-hydrogen) atoms. The lowest BCUT2D eigenvalue weighted by molar-refractivity contribution is -0.136. The van der Waals surface area contributed by atoms with E-state index in [-0.39, 0.29) is 35.7 Å². The van der Waals surface area contributed by atoms with Gasteiger partial charge in [0.1, 0.15) is 35.3 Å². The predicted octanol–water partition coefficient (Wildman–Crippen LogP) is 9.37. The number of hydrogen-bond donors (Lipinski definition) is 4. The average molecular weight is 975 g/mol. The summed E-state index contributed by atoms with van der Waals surface area (Å²) in [5.74, 6) is 0.824. The Labute approximate surface area is 408 Å². The van der Waals surface area contributed by atoms with E-state index in [1.54, 1.807) is 33.5 Å². The fourth-order valence-corrected chi connectivity index (χ4v) is 11.9. The van der Waals surface area contributed by atoms with Crippen LogP contribution in [0.2, 0.25) is 0 Å². The molecule has 7 heterocycles. The summed E-state index contributed by atoms with van der Waals surface area (Å²) in [6, 6.07) is 9.26. The molecule has 6 aromatic rings. The molecule has 5 atom stereocenters. The molecule has 4 aromatic heterocycles. The molecule has 19 heteroatoms. The molecule has 5 unspecified atom stereocenters. The summed E-state index contributed by atoms with van der Waals surface area (Å²) in [4.78, 5) is 77.7. The van der Waals surface area contributed by atoms with Crippen LogP contribution in [-0.2, 0) is 19.1 Å². The molecule has 0 bridgehead atoms. The van der Waals surface area contributed by atoms with Gasteiger partial charge < -0.3 is 44.6 Å². The van der Waals surface area contributed by atoms with Gasteiger partial charge in [-0.15, -0.1) is 11.3 Å². The summed E-state index contributed by atoms with van der Waals surface area (Å²) < 4.78 is 35.6. The van der Waals surface area contributed by atoms with Gasteiger partial charge in [0.25, 0.3) is 0 Å². The van der Waals surface area contributed by atoms with Crippen molar-refractivity contribution in [3.8, 4) is 39.5 Å². The summed E-state index contributed by atoms with van der Waals surface area (Å²) in [5.41, 5.74) is 4.59. The van der Waals surface area contributed by atoms with Crippen LogP contribution in [0, 0.1) is 17.7 Å². The van der Waals surface area contributed by atoms with Crippen LogP contribution in [0.15, 0.2) is 55.0 Å². The van der Waals surface area contributed by atoms with Crippen molar-refractivity contribution < 1.29 is 37.8 Å². The van der Waals surface area contributed by atoms with E-state index in [9.17, 15) is 19.2 Å². The first kappa shape index (κ1) is 46.9. The summed E-state index contributed by atoms with van der Waals surface area (Å²) in [5, 5.41) is 7.36. The largest absolute Gasteiger partial charge is 0.464 e. The number of aromatic nitrogens is 6. The lowest BCUT2D eigenvalue weighted by Crippen LogP contribution is -2.51. The smallest absolute Gasteiger partial charge is 0.407 e. The zero-order chi connectivity index (χ0) is 49.0. The Kier molecular flexibility index (Phi) is 12.9. The fourth-order valence-electron chi connectivity index (χ4n) is 10.8. The van der Waals surface area contributed by atoms with E-state index in [2.05, 4.69) is 31.2 Å². The molecule has 10 rings (SSSR count). The molecule has 2 saturated heterocycles. The third-order valence-electron chi connectivity index (χ3n) is 14.4. The van der Waals surface area contributed by atoms with Gasteiger partial charge in [-0.2, -0.15) is 0 Å². The molecule has 1 aliphatic carbocycles. The van der Waals surface area contributed by atoms with Crippen molar-refractivity contribution in [3.63, 3.8) is 0 Å². The van der Waals surface area contributed by atoms with Crippen molar-refractivity contribution in [1.29, 1.82) is 0 Å². The highest BCUT2D eigenvalue weighted by molar-refractivity contribution is 7.11. The first-order valence-electron chi connectivity index (χ1n) is 24.3. The van der Waals surface area contributed by atoms with Gasteiger partial charge in [0.05, 0.1) is 76.7 Å². The number of carbonyl (C=O) groups is 4. The normalized spacial score (nSPS) is 19.9. The summed E-state index contributed by atoms with van der Waals surface area (Å²) >= 11 is 1.65. The Morgan fingerprint density at radius 3 is 1.90 bits per heavy atom. The lowest BCUT2D eigenvalue weighted by Gasteiger charge is -2.30. The first-order valence-corrected chi connectivity index (χ1v) is 25.1. The van der Waals surface area contributed by atoms with E-state index in [1.165, 1.54) is 33.1 Å². The maximum absolute atomic E-state index is 17.0. The molecule has 368 valence electrons. The minimum atomic E-state index is -0.773. The minimum Gasteiger partial charge on any atom is -0.464 e. The zero-order valence-electron chi connectivity index (χ0n) is 40.2. The number of amides is 4. The number of halogens is 1. The van der Waals surface area contributed by atoms with E-state index < -0.39 is 36.3 Å². The van der Waals surface area contributed by atoms with Crippen molar-refractivity contribution in [2.75, 3.05) is 27.3 Å². The summed E-state index contributed by atoms with van der Waals surface area (Å²) in [6.07, 6.45) is 10.9. The van der Waals surface area contributed by atoms with Gasteiger partial charge in [-0.05, 0) is 80.7 Å². The van der Waals surface area contributed by atoms with Crippen LogP contribution in [0.4, 0.5) is 14.0 Å². The number of alkyl carbamates (subject to hydrolysis) is 2. The lowest BCUT2D eigenvalue weighted by atomic mass is 10.0. The van der Waals surface area contributed by atoms with E-state index in [0.717, 1.165) is 64.1 Å². The second kappa shape index (κ2) is 19.2. The molecule has 0 radical (unpaired) electrons. The van der Waals surface area contributed by atoms with Gasteiger partial charge in [-0.3, -0.25) is 14.2 Å². The fraction of sp³-hybridized carbons (Fsp3) is 0.471. The Hall–Kier alpha value is -6.76. The number of nitrogens with zero attached hydrogens (tertiary/aromatic N) is 6. The van der Waals surface area contributed by atoms with Crippen LogP contribution in [-0.4, -0.2) is 103 Å². The molecule has 3 aliphatic heterocycles. The summed E-state index contributed by atoms with van der Waals surface area (Å²) in [7, 11) is 2.55. The molecular formula is C51H59FN10O7S. The predicted molar refractivity (Wildman–Crippen MR) is 260 cm³/mol. The number of aromatic amines is 2. The standard InChI is InChI=1S/C51H59FN10O7S/c1-26(2)42(58-50(65)67-5)47(63)60-17-9-13-36(60)44-53-23-33(56-44)29-15-16-35-31(19-29)21-38-41-32(52)20-30(22-39(41)69-49(62(35)38)40-25-55-46(70-40)28-11-7-8-12-28)34-24-54-45(57-34)37-14-10-18-61(37)48(64)43(27(3)4)59-51(66)68-6/h15-16,19-28,36-37,42-43,49H,7-14,17-18H2,1-6H3,(H,53,56)(H,54,57)(H,58,65)(H,59,66). The highest BCUT2D eigenvalue weighted by Crippen LogP contribution is 2.49. The minimum absolute atomic E-state index is 0.154. The SMILES string of the molecule is COC(=O)NC(C(=O)N1CCCC1c1ncc(-c2cc(F)c3c(c2)OC(c2cnc(C4CCCC4)s2)n2c-3cc3cc(-c4cnc(C5CCCN5C(=O)C(NC(=O)OC)C(C)C)[nH]4)ccc32)[nH]1)C(C)C. The number of likely N-dealkylation sites (tertiary alicyclic amines) is 2. The number of imidazole rings is 2. The number of H-pyrrole nitrogens is 2. The summed E-state index contributed by atoms with van der Waals surface area (Å²) in [6.45, 7) is 8.57. The van der Waals surface area contributed by atoms with Crippen molar-refractivity contribution >= 4 is 46.2 Å². The Morgan fingerprint density at radius 1 is 0.743 bits per heavy atom. The number of fused-ring (bicyclic) bond motifs is 5. The maximum atomic E-state index is 17.0. The van der Waals surface area contributed by atoms with Crippen molar-refractivity contribution in [3.05, 3.63) is 82.3 Å². The van der Waals surface area contributed by atoms with Crippen LogP contribution >= 0.6 is 11.3 Å². The van der Waals surface area contributed by atoms with E-state index in [4.69, 9.17) is 29.2 Å². The van der Waals surface area contributed by atoms with Crippen LogP contribution in [0.25, 0.3) is 44.7 Å². The molecular weight excluding hydrogens is 916 g/mol. The molecule has 0 spiro atoms. The highest BCUT2D eigenvalue weighted by Gasteiger charge is 2.40. The van der Waals surface area contributed by atoms with Crippen molar-refractivity contribution in [2.45, 2.75) is 115 Å². The van der Waals surface area contributed by atoms with Crippen LogP contribution in [0.5, 0.6) is 5.75 Å². The van der Waals surface area contributed by atoms with Crippen LogP contribution in [0.1, 0.15) is 125 Å². The van der Waals surface area contributed by atoms with E-state index in [1.807, 2.05) is 58.2 Å². The van der Waals surface area contributed by atoms with Gasteiger partial charge in [0.15, 0.2) is 0 Å². The second-order valence-corrected chi connectivity index (χ2v) is 20.6.